The van der Waals surface area contributed by atoms with E-state index in [-0.39, 0.29) is 17.9 Å². The van der Waals surface area contributed by atoms with Gasteiger partial charge >= 0.3 is 0 Å². The molecular formula is C13H23N3O. The lowest BCUT2D eigenvalue weighted by atomic mass is 9.90. The van der Waals surface area contributed by atoms with Crippen LogP contribution in [0.2, 0.25) is 0 Å². The van der Waals surface area contributed by atoms with Gasteiger partial charge < -0.3 is 10.2 Å². The number of nitrogens with one attached hydrogen (secondary N) is 1. The lowest BCUT2D eigenvalue weighted by Gasteiger charge is -2.32. The van der Waals surface area contributed by atoms with Crippen molar-refractivity contribution in [1.29, 1.82) is 5.26 Å². The summed E-state index contributed by atoms with van der Waals surface area (Å²) in [6.07, 6.45) is 3.24. The van der Waals surface area contributed by atoms with Gasteiger partial charge in [0.25, 0.3) is 0 Å². The topological polar surface area (TPSA) is 56.1 Å². The Balaban J connectivity index is 2.48. The first-order chi connectivity index (χ1) is 8.08. The van der Waals surface area contributed by atoms with Crippen LogP contribution in [-0.2, 0) is 4.79 Å². The van der Waals surface area contributed by atoms with Crippen molar-refractivity contribution in [2.24, 2.45) is 11.8 Å². The van der Waals surface area contributed by atoms with Gasteiger partial charge in [-0.15, -0.1) is 0 Å². The molecule has 4 heteroatoms. The van der Waals surface area contributed by atoms with E-state index in [0.29, 0.717) is 12.5 Å². The van der Waals surface area contributed by atoms with Gasteiger partial charge in [0.1, 0.15) is 0 Å². The molecule has 0 saturated carbocycles. The minimum atomic E-state index is -0.102. The predicted octanol–water partition coefficient (Wildman–Crippen LogP) is 1.38. The number of carbonyl (C=O) groups excluding carboxylic acids is 1. The molecule has 4 nitrogen and oxygen atoms in total. The van der Waals surface area contributed by atoms with Gasteiger partial charge in [-0.25, -0.2) is 0 Å². The second-order valence-corrected chi connectivity index (χ2v) is 5.05. The maximum atomic E-state index is 12.2. The van der Waals surface area contributed by atoms with Crippen LogP contribution in [0.25, 0.3) is 0 Å². The van der Waals surface area contributed by atoms with E-state index in [1.54, 1.807) is 11.9 Å². The van der Waals surface area contributed by atoms with E-state index in [0.717, 1.165) is 19.4 Å². The normalized spacial score (nSPS) is 26.0. The Labute approximate surface area is 104 Å². The second-order valence-electron chi connectivity index (χ2n) is 5.05. The summed E-state index contributed by atoms with van der Waals surface area (Å²) in [7, 11) is 1.79. The molecule has 1 heterocycles. The van der Waals surface area contributed by atoms with Gasteiger partial charge in [-0.05, 0) is 32.2 Å². The van der Waals surface area contributed by atoms with Crippen LogP contribution in [0.4, 0.5) is 0 Å². The average molecular weight is 237 g/mol. The quantitative estimate of drug-likeness (QED) is 0.803. The van der Waals surface area contributed by atoms with Gasteiger partial charge in [-0.2, -0.15) is 5.26 Å². The van der Waals surface area contributed by atoms with E-state index < -0.39 is 0 Å². The summed E-state index contributed by atoms with van der Waals surface area (Å²) in [6.45, 7) is 5.47. The third kappa shape index (κ3) is 4.01. The Morgan fingerprint density at radius 1 is 1.65 bits per heavy atom. The first-order valence-electron chi connectivity index (χ1n) is 6.46. The monoisotopic (exact) mass is 237 g/mol. The van der Waals surface area contributed by atoms with E-state index in [9.17, 15) is 4.79 Å². The molecule has 0 aliphatic carbocycles. The highest BCUT2D eigenvalue weighted by molar-refractivity contribution is 5.81. The van der Waals surface area contributed by atoms with Crippen LogP contribution in [0.3, 0.4) is 0 Å². The fourth-order valence-corrected chi connectivity index (χ4v) is 2.36. The zero-order valence-corrected chi connectivity index (χ0v) is 11.1. The Morgan fingerprint density at radius 2 is 2.35 bits per heavy atom. The van der Waals surface area contributed by atoms with Crippen LogP contribution < -0.4 is 5.32 Å². The second kappa shape index (κ2) is 6.61. The summed E-state index contributed by atoms with van der Waals surface area (Å²) in [5.41, 5.74) is 0. The smallest absolute Gasteiger partial charge is 0.239 e. The van der Waals surface area contributed by atoms with E-state index in [1.807, 2.05) is 6.92 Å². The summed E-state index contributed by atoms with van der Waals surface area (Å²) >= 11 is 0. The van der Waals surface area contributed by atoms with Crippen LogP contribution in [0.5, 0.6) is 0 Å². The number of hydrogen-bond acceptors (Lipinski definition) is 3. The Bertz CT molecular complexity index is 298. The minimum absolute atomic E-state index is 0.0513. The summed E-state index contributed by atoms with van der Waals surface area (Å²) < 4.78 is 0. The zero-order valence-electron chi connectivity index (χ0n) is 11.1. The minimum Gasteiger partial charge on any atom is -0.343 e. The van der Waals surface area contributed by atoms with Crippen LogP contribution in [0.15, 0.2) is 0 Å². The summed E-state index contributed by atoms with van der Waals surface area (Å²) in [5.74, 6) is 0.687. The summed E-state index contributed by atoms with van der Waals surface area (Å²) in [4.78, 5) is 13.8. The van der Waals surface area contributed by atoms with Crippen molar-refractivity contribution in [1.82, 2.24) is 10.2 Å². The summed E-state index contributed by atoms with van der Waals surface area (Å²) in [5, 5.41) is 12.0. The van der Waals surface area contributed by atoms with E-state index >= 15 is 0 Å². The first kappa shape index (κ1) is 14.0. The number of nitriles is 1. The lowest BCUT2D eigenvalue weighted by Crippen LogP contribution is -2.49. The van der Waals surface area contributed by atoms with Crippen molar-refractivity contribution >= 4 is 5.91 Å². The number of likely N-dealkylation sites (N-methyl/N-ethyl adjacent to an activating group) is 1. The molecule has 0 spiro atoms. The summed E-state index contributed by atoms with van der Waals surface area (Å²) in [6, 6.07) is 2.11. The van der Waals surface area contributed by atoms with Crippen molar-refractivity contribution in [3.8, 4) is 6.07 Å². The van der Waals surface area contributed by atoms with Gasteiger partial charge in [0.15, 0.2) is 0 Å². The third-order valence-electron chi connectivity index (χ3n) is 3.53. The van der Waals surface area contributed by atoms with Gasteiger partial charge in [0.05, 0.1) is 18.0 Å². The average Bonchev–Trinajstić information content (AvgIpc) is 2.37. The molecular weight excluding hydrogens is 214 g/mol. The van der Waals surface area contributed by atoms with Crippen molar-refractivity contribution < 1.29 is 4.79 Å². The van der Waals surface area contributed by atoms with Gasteiger partial charge in [-0.3, -0.25) is 4.79 Å². The third-order valence-corrected chi connectivity index (χ3v) is 3.53. The molecule has 1 aliphatic rings. The predicted molar refractivity (Wildman–Crippen MR) is 67.2 cm³/mol. The highest BCUT2D eigenvalue weighted by Gasteiger charge is 2.28. The maximum absolute atomic E-state index is 12.2. The van der Waals surface area contributed by atoms with Gasteiger partial charge in [0, 0.05) is 13.6 Å². The van der Waals surface area contributed by atoms with Crippen LogP contribution >= 0.6 is 0 Å². The lowest BCUT2D eigenvalue weighted by molar-refractivity contribution is -0.133. The molecule has 0 aromatic carbocycles. The molecule has 1 amide bonds. The van der Waals surface area contributed by atoms with Gasteiger partial charge in [0.2, 0.25) is 5.91 Å². The highest BCUT2D eigenvalue weighted by Crippen LogP contribution is 2.20. The van der Waals surface area contributed by atoms with E-state index in [2.05, 4.69) is 18.3 Å². The van der Waals surface area contributed by atoms with Crippen molar-refractivity contribution in [2.45, 2.75) is 39.2 Å². The highest BCUT2D eigenvalue weighted by atomic mass is 16.2. The fraction of sp³-hybridized carbons (Fsp3) is 0.846. The van der Waals surface area contributed by atoms with Crippen molar-refractivity contribution in [2.75, 3.05) is 20.1 Å². The molecule has 1 fully saturated rings. The standard InChI is InChI=1S/C13H23N3O/c1-4-11-5-6-15-12(7-11)13(17)16(3)9-10(2)8-14/h10-12,15H,4-7,9H2,1-3H3. The molecule has 96 valence electrons. The molecule has 1 rings (SSSR count). The molecule has 3 atom stereocenters. The molecule has 0 bridgehead atoms. The zero-order chi connectivity index (χ0) is 12.8. The van der Waals surface area contributed by atoms with Crippen LogP contribution in [0, 0.1) is 23.2 Å². The number of hydrogen-bond donors (Lipinski definition) is 1. The number of carbonyl (C=O) groups is 1. The number of nitrogens with zero attached hydrogens (tertiary/aromatic N) is 2. The first-order valence-corrected chi connectivity index (χ1v) is 6.46. The Kier molecular flexibility index (Phi) is 5.43. The largest absolute Gasteiger partial charge is 0.343 e. The SMILES string of the molecule is CCC1CCNC(C(=O)N(C)CC(C)C#N)C1. The Morgan fingerprint density at radius 3 is 2.94 bits per heavy atom. The van der Waals surface area contributed by atoms with Gasteiger partial charge in [-0.1, -0.05) is 13.3 Å². The van der Waals surface area contributed by atoms with Crippen LogP contribution in [-0.4, -0.2) is 37.0 Å². The van der Waals surface area contributed by atoms with E-state index in [1.165, 1.54) is 6.42 Å². The molecule has 1 saturated heterocycles. The molecule has 0 radical (unpaired) electrons. The molecule has 3 unspecified atom stereocenters. The fourth-order valence-electron chi connectivity index (χ4n) is 2.36. The number of amides is 1. The molecule has 17 heavy (non-hydrogen) atoms. The molecule has 0 aromatic rings. The number of piperidine rings is 1. The van der Waals surface area contributed by atoms with Crippen LogP contribution in [0.1, 0.15) is 33.1 Å². The van der Waals surface area contributed by atoms with Crippen molar-refractivity contribution in [3.63, 3.8) is 0 Å². The molecule has 0 aromatic heterocycles. The maximum Gasteiger partial charge on any atom is 0.239 e. The van der Waals surface area contributed by atoms with E-state index in [4.69, 9.17) is 5.26 Å². The molecule has 1 N–H and O–H groups in total. The molecule has 1 aliphatic heterocycles. The number of rotatable bonds is 4. The van der Waals surface area contributed by atoms with Crippen molar-refractivity contribution in [3.05, 3.63) is 0 Å². The Hall–Kier alpha value is -1.08.